The van der Waals surface area contributed by atoms with Gasteiger partial charge < -0.3 is 143 Å². The Morgan fingerprint density at radius 2 is 1.17 bits per heavy atom. The molecular formula is C58H67O31+. The molecule has 0 radical (unpaired) electrons. The number of carbonyl (C=O) groups excluding carboxylic acids is 2. The van der Waals surface area contributed by atoms with E-state index in [1.54, 1.807) is 0 Å². The zero-order chi connectivity index (χ0) is 64.1. The van der Waals surface area contributed by atoms with Gasteiger partial charge in [-0.25, -0.2) is 9.59 Å². The number of hydrogen-bond donors (Lipinski definition) is 16. The molecule has 5 aliphatic heterocycles. The Morgan fingerprint density at radius 3 is 1.79 bits per heavy atom. The molecule has 1 unspecified atom stereocenters. The minimum absolute atomic E-state index is 0.0169. The highest BCUT2D eigenvalue weighted by Gasteiger charge is 2.53. The van der Waals surface area contributed by atoms with E-state index in [0.717, 1.165) is 30.4 Å². The normalized spacial score (nSPS) is 32.9. The summed E-state index contributed by atoms with van der Waals surface area (Å²) in [6, 6.07) is 14.2. The van der Waals surface area contributed by atoms with E-state index in [0.29, 0.717) is 5.56 Å². The van der Waals surface area contributed by atoms with Gasteiger partial charge in [0.25, 0.3) is 11.9 Å². The molecule has 0 bridgehead atoms. The quantitative estimate of drug-likeness (QED) is 0.0182. The molecule has 4 saturated heterocycles. The van der Waals surface area contributed by atoms with Crippen LogP contribution in [0.3, 0.4) is 0 Å². The second-order valence-corrected chi connectivity index (χ2v) is 20.9. The number of benzene rings is 4. The van der Waals surface area contributed by atoms with Crippen LogP contribution in [0.1, 0.15) is 28.4 Å². The summed E-state index contributed by atoms with van der Waals surface area (Å²) in [5.41, 5.74) is 0.675. The molecular weight excluding hydrogens is 1190 g/mol. The Morgan fingerprint density at radius 1 is 0.573 bits per heavy atom. The van der Waals surface area contributed by atoms with Crippen molar-refractivity contribution in [2.45, 2.75) is 123 Å². The van der Waals surface area contributed by atoms with Crippen LogP contribution in [0, 0.1) is 0 Å². The Labute approximate surface area is 503 Å². The zero-order valence-corrected chi connectivity index (χ0v) is 46.9. The highest BCUT2D eigenvalue weighted by Crippen LogP contribution is 2.48. The number of phenolic OH excluding ortho intramolecular Hbond substituents is 4. The van der Waals surface area contributed by atoms with Gasteiger partial charge in [-0.3, -0.25) is 0 Å². The highest BCUT2D eigenvalue weighted by molar-refractivity contribution is 5.88. The third-order valence-electron chi connectivity index (χ3n) is 14.9. The summed E-state index contributed by atoms with van der Waals surface area (Å²) < 4.78 is 73.4. The van der Waals surface area contributed by atoms with Crippen molar-refractivity contribution in [2.24, 2.45) is 0 Å². The first-order chi connectivity index (χ1) is 42.5. The maximum absolute atomic E-state index is 13.5. The lowest BCUT2D eigenvalue weighted by Crippen LogP contribution is -2.63. The molecule has 9 rings (SSSR count). The predicted molar refractivity (Wildman–Crippen MR) is 294 cm³/mol. The highest BCUT2D eigenvalue weighted by atomic mass is 16.8. The fraction of sp³-hybridized carbons (Fsp3) is 0.448. The lowest BCUT2D eigenvalue weighted by atomic mass is 9.97. The van der Waals surface area contributed by atoms with Gasteiger partial charge >= 0.3 is 11.9 Å². The van der Waals surface area contributed by atoms with E-state index in [4.69, 9.17) is 61.6 Å². The summed E-state index contributed by atoms with van der Waals surface area (Å²) in [5.74, 6) is -4.80. The number of phenols is 4. The number of ether oxygens (including phenoxy) is 13. The zero-order valence-electron chi connectivity index (χ0n) is 46.9. The summed E-state index contributed by atoms with van der Waals surface area (Å²) in [6.45, 7) is -3.00. The van der Waals surface area contributed by atoms with Crippen molar-refractivity contribution < 1.29 is 153 Å². The van der Waals surface area contributed by atoms with E-state index < -0.39 is 178 Å². The first kappa shape index (κ1) is 65.8. The molecule has 0 amide bonds. The molecule has 0 saturated carbocycles. The average molecular weight is 1260 g/mol. The maximum Gasteiger partial charge on any atom is 0.331 e. The minimum Gasteiger partial charge on any atom is -0.571 e. The topological polar surface area (TPSA) is 481 Å². The van der Waals surface area contributed by atoms with Gasteiger partial charge in [0.15, 0.2) is 47.3 Å². The van der Waals surface area contributed by atoms with Crippen molar-refractivity contribution in [2.75, 3.05) is 40.6 Å². The van der Waals surface area contributed by atoms with Crippen LogP contribution in [0.15, 0.2) is 84.6 Å². The number of hydrogen-bond acceptors (Lipinski definition) is 30. The molecule has 5 heterocycles. The van der Waals surface area contributed by atoms with Gasteiger partial charge in [0.1, 0.15) is 109 Å². The van der Waals surface area contributed by atoms with Crippen LogP contribution in [0.5, 0.6) is 51.7 Å². The molecule has 89 heavy (non-hydrogen) atoms. The molecule has 0 spiro atoms. The molecule has 5 aliphatic rings. The van der Waals surface area contributed by atoms with E-state index >= 15 is 0 Å². The minimum atomic E-state index is -2.16. The Balaban J connectivity index is 1.01. The number of aliphatic hydroxyl groups is 13. The second-order valence-electron chi connectivity index (χ2n) is 20.9. The summed E-state index contributed by atoms with van der Waals surface area (Å²) in [7, 11) is 2.56. The third-order valence-corrected chi connectivity index (χ3v) is 14.9. The van der Waals surface area contributed by atoms with Crippen molar-refractivity contribution in [3.05, 3.63) is 107 Å². The lowest BCUT2D eigenvalue weighted by molar-refractivity contribution is -0.353. The van der Waals surface area contributed by atoms with Crippen molar-refractivity contribution in [3.8, 4) is 51.7 Å². The molecule has 0 aromatic heterocycles. The van der Waals surface area contributed by atoms with Crippen LogP contribution in [0.2, 0.25) is 0 Å². The largest absolute Gasteiger partial charge is 0.571 e. The van der Waals surface area contributed by atoms with Gasteiger partial charge in [-0.1, -0.05) is 12.1 Å². The molecule has 17 N–H and O–H groups in total. The molecule has 4 fully saturated rings. The van der Waals surface area contributed by atoms with E-state index in [-0.39, 0.29) is 56.9 Å². The molecule has 4 aromatic rings. The second kappa shape index (κ2) is 28.5. The first-order valence-corrected chi connectivity index (χ1v) is 27.4. The fourth-order valence-corrected chi connectivity index (χ4v) is 9.97. The number of fused-ring (bicyclic) bond motifs is 1. The van der Waals surface area contributed by atoms with Gasteiger partial charge in [-0.2, -0.15) is 0 Å². The van der Waals surface area contributed by atoms with Crippen LogP contribution < -0.4 is 18.9 Å². The monoisotopic (exact) mass is 1260 g/mol. The van der Waals surface area contributed by atoms with Gasteiger partial charge in [-0.05, 0) is 65.7 Å². The summed E-state index contributed by atoms with van der Waals surface area (Å²) >= 11 is 0. The number of methoxy groups -OCH3 is 2. The molecule has 31 heteroatoms. The van der Waals surface area contributed by atoms with Crippen molar-refractivity contribution in [3.63, 3.8) is 0 Å². The van der Waals surface area contributed by atoms with E-state index in [1.165, 1.54) is 81.0 Å². The molecule has 484 valence electrons. The maximum atomic E-state index is 13.5. The summed E-state index contributed by atoms with van der Waals surface area (Å²) in [5, 5.41) is 170. The number of rotatable bonds is 20. The molecule has 20 atom stereocenters. The Bertz CT molecular complexity index is 3160. The number of esters is 2. The molecule has 4 aromatic carbocycles. The fourth-order valence-electron chi connectivity index (χ4n) is 9.97. The van der Waals surface area contributed by atoms with Crippen molar-refractivity contribution >= 4 is 30.2 Å². The Kier molecular flexibility index (Phi) is 21.0. The summed E-state index contributed by atoms with van der Waals surface area (Å²) in [4.78, 5) is 26.8. The van der Waals surface area contributed by atoms with Gasteiger partial charge in [0.05, 0.1) is 45.7 Å². The average Bonchev–Trinajstić information content (AvgIpc) is 1.14. The standard InChI is InChI=1S/C58H66O31/c1-77-34-13-24(14-35(78-2)43(34)68)6-12-41(66)88-53-42(67)31(64)21-80-57(53)89-54-49(74)46(71)39(22-79-40(65)11-5-23-3-8-27(9-4-23)81-55-50(75)47(72)44(69)37(19-59)85-55)87-58(54)84-36-18-28-32(82-52(36)25-7-10-29(62)30(63)15-25)16-26(61)17-33(28)83-56-51(76)48(73)45(70)38(20-60)86-56/h3-18,31,37-39,42,44-64,67-76H,19-22H2,1-2H3/p+1/b11-5+,12-6+/t31-,37-,38-,39-,42+,44-,45-,46-,47+,48-,49+,50+,51+,52?,53-,54+,55-,56-,57+,58-/m1/s1. The van der Waals surface area contributed by atoms with E-state index in [2.05, 4.69) is 0 Å². The molecule has 0 aliphatic carbocycles. The lowest BCUT2D eigenvalue weighted by Gasteiger charge is -2.45. The Hall–Kier alpha value is -7.64. The van der Waals surface area contributed by atoms with Crippen LogP contribution >= 0.6 is 0 Å². The smallest absolute Gasteiger partial charge is 0.331 e. The van der Waals surface area contributed by atoms with Crippen LogP contribution in [-0.2, 0) is 47.5 Å². The third kappa shape index (κ3) is 14.7. The SMILES string of the molecule is COc1cc(/C=C/C(=O)O[C@H]2[C@H](O[C@@H]3[C@H](OC4=Cc5c(O[C@@H]6O[C@H](CO)[C@@H](O)[C@@H](O)[C@@H]6O)cc(O)cc5[OH+]C4c4ccc(O)c(O)c4)O[C@H](COC(=O)/C=C/c4ccc(O[C@@H]5O[C@H](CO)[C@@H](O)[C@H](O)[C@@H]5O)cc4)[C@@H](O)[C@@H]3O)OC[C@@H](O)[C@@H]2O)cc(OC)c1O. The predicted octanol–water partition coefficient (Wildman–Crippen LogP) is -2.97. The van der Waals surface area contributed by atoms with Gasteiger partial charge in [0, 0.05) is 24.3 Å². The van der Waals surface area contributed by atoms with E-state index in [1.807, 2.05) is 0 Å². The van der Waals surface area contributed by atoms with Gasteiger partial charge in [0.2, 0.25) is 24.6 Å². The molecule has 31 nitrogen and oxygen atoms in total. The number of aromatic hydroxyl groups is 5. The summed E-state index contributed by atoms with van der Waals surface area (Å²) in [6.07, 6.45) is -29.8. The van der Waals surface area contributed by atoms with E-state index in [9.17, 15) is 91.3 Å². The van der Waals surface area contributed by atoms with Crippen LogP contribution in [-0.4, -0.2) is 256 Å². The number of aliphatic hydroxyl groups excluding tert-OH is 12. The first-order valence-electron chi connectivity index (χ1n) is 27.4. The van der Waals surface area contributed by atoms with Crippen LogP contribution in [0.4, 0.5) is 0 Å². The van der Waals surface area contributed by atoms with Crippen molar-refractivity contribution in [1.82, 2.24) is 0 Å². The number of carbonyl (C=O) groups is 2. The van der Waals surface area contributed by atoms with Gasteiger partial charge in [-0.15, -0.1) is 0 Å². The van der Waals surface area contributed by atoms with Crippen LogP contribution in [0.25, 0.3) is 18.2 Å². The van der Waals surface area contributed by atoms with Crippen molar-refractivity contribution in [1.29, 1.82) is 0 Å².